The zero-order valence-electron chi connectivity index (χ0n) is 12.5. The second kappa shape index (κ2) is 6.68. The molecule has 0 fully saturated rings. The number of carboxylic acid groups (broad SMARTS) is 1. The van der Waals surface area contributed by atoms with Crippen LogP contribution in [0, 0.1) is 0 Å². The van der Waals surface area contributed by atoms with Gasteiger partial charge in [-0.1, -0.05) is 25.1 Å². The molecular formula is C17H19NO2S. The summed E-state index contributed by atoms with van der Waals surface area (Å²) in [5.41, 5.74) is 3.31. The Morgan fingerprint density at radius 2 is 1.86 bits per heavy atom. The van der Waals surface area contributed by atoms with E-state index < -0.39 is 5.97 Å². The molecule has 2 aromatic rings. The van der Waals surface area contributed by atoms with Gasteiger partial charge < -0.3 is 10.0 Å². The Hall–Kier alpha value is -1.94. The van der Waals surface area contributed by atoms with Gasteiger partial charge in [0, 0.05) is 17.6 Å². The van der Waals surface area contributed by atoms with Crippen molar-refractivity contribution < 1.29 is 9.90 Å². The van der Waals surface area contributed by atoms with Crippen LogP contribution >= 0.6 is 11.8 Å². The number of aromatic carboxylic acids is 1. The molecule has 0 radical (unpaired) electrons. The van der Waals surface area contributed by atoms with E-state index in [4.69, 9.17) is 0 Å². The summed E-state index contributed by atoms with van der Waals surface area (Å²) in [7, 11) is 1.90. The van der Waals surface area contributed by atoms with Crippen molar-refractivity contribution in [2.24, 2.45) is 0 Å². The molecule has 0 heterocycles. The normalized spacial score (nSPS) is 10.4. The first-order valence-corrected chi connectivity index (χ1v) is 8.04. The van der Waals surface area contributed by atoms with E-state index in [1.54, 1.807) is 0 Å². The molecule has 0 unspecified atom stereocenters. The van der Waals surface area contributed by atoms with Gasteiger partial charge in [-0.05, 0) is 42.5 Å². The molecule has 0 amide bonds. The average molecular weight is 301 g/mol. The van der Waals surface area contributed by atoms with Crippen molar-refractivity contribution >= 4 is 29.1 Å². The minimum absolute atomic E-state index is 0.354. The largest absolute Gasteiger partial charge is 0.478 e. The maximum Gasteiger partial charge on any atom is 0.338 e. The van der Waals surface area contributed by atoms with Gasteiger partial charge in [-0.15, -0.1) is 11.8 Å². The van der Waals surface area contributed by atoms with Crippen LogP contribution in [-0.2, 0) is 6.42 Å². The van der Waals surface area contributed by atoms with Crippen LogP contribution in [0.15, 0.2) is 47.4 Å². The molecule has 0 atom stereocenters. The monoisotopic (exact) mass is 301 g/mol. The molecule has 0 bridgehead atoms. The topological polar surface area (TPSA) is 40.5 Å². The van der Waals surface area contributed by atoms with E-state index in [0.29, 0.717) is 11.3 Å². The molecule has 0 saturated heterocycles. The Kier molecular flexibility index (Phi) is 4.91. The highest BCUT2D eigenvalue weighted by Crippen LogP contribution is 2.33. The molecule has 2 rings (SSSR count). The summed E-state index contributed by atoms with van der Waals surface area (Å²) in [5.74, 6) is -0.896. The predicted molar refractivity (Wildman–Crippen MR) is 89.1 cm³/mol. The minimum atomic E-state index is -0.896. The molecule has 1 N–H and O–H groups in total. The average Bonchev–Trinajstić information content (AvgIpc) is 2.53. The van der Waals surface area contributed by atoms with E-state index in [9.17, 15) is 9.90 Å². The Bertz CT molecular complexity index is 638. The molecule has 0 aromatic heterocycles. The summed E-state index contributed by atoms with van der Waals surface area (Å²) in [6.07, 6.45) is 2.88. The molecule has 0 aliphatic carbocycles. The Morgan fingerprint density at radius 3 is 2.38 bits per heavy atom. The molecular weight excluding hydrogens is 282 g/mol. The fourth-order valence-electron chi connectivity index (χ4n) is 2.28. The fraction of sp³-hybridized carbons (Fsp3) is 0.235. The van der Waals surface area contributed by atoms with Crippen LogP contribution in [0.1, 0.15) is 22.8 Å². The second-order valence-corrected chi connectivity index (χ2v) is 5.59. The molecule has 0 aliphatic rings. The van der Waals surface area contributed by atoms with Gasteiger partial charge in [-0.25, -0.2) is 4.79 Å². The highest BCUT2D eigenvalue weighted by Gasteiger charge is 2.18. The number of carboxylic acids is 1. The third kappa shape index (κ3) is 3.22. The summed E-state index contributed by atoms with van der Waals surface area (Å²) in [5, 5.41) is 9.52. The van der Waals surface area contributed by atoms with E-state index in [2.05, 4.69) is 19.1 Å². The molecule has 0 aliphatic heterocycles. The zero-order valence-corrected chi connectivity index (χ0v) is 13.3. The van der Waals surface area contributed by atoms with E-state index >= 15 is 0 Å². The van der Waals surface area contributed by atoms with Crippen molar-refractivity contribution in [2.45, 2.75) is 18.2 Å². The first kappa shape index (κ1) is 15.4. The van der Waals surface area contributed by atoms with Crippen molar-refractivity contribution in [2.75, 3.05) is 18.2 Å². The number of hydrogen-bond donors (Lipinski definition) is 1. The number of thioether (sulfide) groups is 1. The van der Waals surface area contributed by atoms with E-state index in [0.717, 1.165) is 17.0 Å². The van der Waals surface area contributed by atoms with Gasteiger partial charge in [0.15, 0.2) is 0 Å². The van der Waals surface area contributed by atoms with Crippen LogP contribution < -0.4 is 4.90 Å². The number of nitrogens with zero attached hydrogens (tertiary/aromatic N) is 1. The fourth-order valence-corrected chi connectivity index (χ4v) is 2.89. The Morgan fingerprint density at radius 1 is 1.19 bits per heavy atom. The van der Waals surface area contributed by atoms with Crippen LogP contribution in [0.2, 0.25) is 0 Å². The quantitative estimate of drug-likeness (QED) is 0.829. The Labute approximate surface area is 129 Å². The SMILES string of the molecule is CCc1ccc(N(C)c2cccc(SC)c2C(=O)O)cc1. The lowest BCUT2D eigenvalue weighted by Crippen LogP contribution is -2.14. The molecule has 2 aromatic carbocycles. The van der Waals surface area contributed by atoms with Crippen LogP contribution in [-0.4, -0.2) is 24.4 Å². The Balaban J connectivity index is 2.46. The van der Waals surface area contributed by atoms with Crippen LogP contribution in [0.4, 0.5) is 11.4 Å². The third-order valence-electron chi connectivity index (χ3n) is 3.53. The number of carbonyl (C=O) groups is 1. The maximum absolute atomic E-state index is 11.6. The molecule has 0 spiro atoms. The highest BCUT2D eigenvalue weighted by molar-refractivity contribution is 7.98. The van der Waals surface area contributed by atoms with Gasteiger partial charge in [-0.3, -0.25) is 0 Å². The van der Waals surface area contributed by atoms with E-state index in [-0.39, 0.29) is 0 Å². The van der Waals surface area contributed by atoms with Crippen molar-refractivity contribution in [3.05, 3.63) is 53.6 Å². The highest BCUT2D eigenvalue weighted by atomic mass is 32.2. The predicted octanol–water partition coefficient (Wildman–Crippen LogP) is 4.44. The number of anilines is 2. The van der Waals surface area contributed by atoms with Gasteiger partial charge in [0.2, 0.25) is 0 Å². The van der Waals surface area contributed by atoms with Crippen LogP contribution in [0.25, 0.3) is 0 Å². The van der Waals surface area contributed by atoms with Crippen LogP contribution in [0.5, 0.6) is 0 Å². The third-order valence-corrected chi connectivity index (χ3v) is 4.31. The summed E-state index contributed by atoms with van der Waals surface area (Å²) in [6.45, 7) is 2.11. The van der Waals surface area contributed by atoms with Gasteiger partial charge in [0.05, 0.1) is 11.3 Å². The summed E-state index contributed by atoms with van der Waals surface area (Å²) in [4.78, 5) is 14.3. The number of benzene rings is 2. The molecule has 3 nitrogen and oxygen atoms in total. The van der Waals surface area contributed by atoms with Crippen LogP contribution in [0.3, 0.4) is 0 Å². The zero-order chi connectivity index (χ0) is 15.4. The summed E-state index contributed by atoms with van der Waals surface area (Å²) >= 11 is 1.45. The lowest BCUT2D eigenvalue weighted by atomic mass is 10.1. The molecule has 0 saturated carbocycles. The lowest BCUT2D eigenvalue weighted by molar-refractivity contribution is 0.0694. The molecule has 4 heteroatoms. The second-order valence-electron chi connectivity index (χ2n) is 4.74. The van der Waals surface area contributed by atoms with Crippen molar-refractivity contribution in [3.63, 3.8) is 0 Å². The molecule has 110 valence electrons. The van der Waals surface area contributed by atoms with Gasteiger partial charge in [0.25, 0.3) is 0 Å². The number of rotatable bonds is 5. The minimum Gasteiger partial charge on any atom is -0.478 e. The first-order valence-electron chi connectivity index (χ1n) is 6.81. The van der Waals surface area contributed by atoms with Crippen molar-refractivity contribution in [1.82, 2.24) is 0 Å². The number of aryl methyl sites for hydroxylation is 1. The lowest BCUT2D eigenvalue weighted by Gasteiger charge is -2.22. The molecule has 21 heavy (non-hydrogen) atoms. The first-order chi connectivity index (χ1) is 10.1. The van der Waals surface area contributed by atoms with Gasteiger partial charge >= 0.3 is 5.97 Å². The standard InChI is InChI=1S/C17H19NO2S/c1-4-12-8-10-13(11-9-12)18(2)14-6-5-7-15(21-3)16(14)17(19)20/h5-11H,4H2,1-3H3,(H,19,20). The van der Waals surface area contributed by atoms with Crippen molar-refractivity contribution in [3.8, 4) is 0 Å². The van der Waals surface area contributed by atoms with E-state index in [1.165, 1.54) is 17.3 Å². The summed E-state index contributed by atoms with van der Waals surface area (Å²) < 4.78 is 0. The smallest absolute Gasteiger partial charge is 0.338 e. The summed E-state index contributed by atoms with van der Waals surface area (Å²) in [6, 6.07) is 13.8. The van der Waals surface area contributed by atoms with Gasteiger partial charge in [0.1, 0.15) is 0 Å². The van der Waals surface area contributed by atoms with E-state index in [1.807, 2.05) is 48.5 Å². The van der Waals surface area contributed by atoms with Crippen molar-refractivity contribution in [1.29, 1.82) is 0 Å². The maximum atomic E-state index is 11.6. The number of hydrogen-bond acceptors (Lipinski definition) is 3. The van der Waals surface area contributed by atoms with Gasteiger partial charge in [-0.2, -0.15) is 0 Å².